The van der Waals surface area contributed by atoms with Gasteiger partial charge in [0.05, 0.1) is 51.6 Å². The van der Waals surface area contributed by atoms with Gasteiger partial charge in [-0.15, -0.1) is 0 Å². The first-order valence-corrected chi connectivity index (χ1v) is 12.3. The van der Waals surface area contributed by atoms with Crippen LogP contribution in [0.4, 0.5) is 17.1 Å². The van der Waals surface area contributed by atoms with E-state index in [2.05, 4.69) is 22.4 Å². The number of rotatable bonds is 8. The Hall–Kier alpha value is -4.90. The maximum atomic E-state index is 11.9. The topological polar surface area (TPSA) is 143 Å². The summed E-state index contributed by atoms with van der Waals surface area (Å²) in [6.45, 7) is 1.04. The fourth-order valence-corrected chi connectivity index (χ4v) is 4.44. The molecule has 4 aromatic rings. The molecular weight excluding hydrogens is 522 g/mol. The van der Waals surface area contributed by atoms with Crippen LogP contribution in [0.2, 0.25) is 5.02 Å². The second-order valence-corrected chi connectivity index (χ2v) is 9.09. The summed E-state index contributed by atoms with van der Waals surface area (Å²) < 4.78 is 17.0. The van der Waals surface area contributed by atoms with Crippen LogP contribution in [0.25, 0.3) is 10.9 Å². The van der Waals surface area contributed by atoms with Crippen molar-refractivity contribution in [3.8, 4) is 23.6 Å². The Balaban J connectivity index is 1.45. The lowest BCUT2D eigenvalue weighted by molar-refractivity contribution is -0.385. The van der Waals surface area contributed by atoms with Gasteiger partial charge in [-0.1, -0.05) is 29.8 Å². The van der Waals surface area contributed by atoms with E-state index in [9.17, 15) is 20.6 Å². The van der Waals surface area contributed by atoms with Crippen molar-refractivity contribution in [2.45, 2.75) is 19.1 Å². The Morgan fingerprint density at radius 1 is 1.13 bits per heavy atom. The number of ether oxygens (including phenoxy) is 3. The van der Waals surface area contributed by atoms with E-state index in [1.54, 1.807) is 36.4 Å². The molecule has 10 nitrogen and oxygen atoms in total. The third-order valence-electron chi connectivity index (χ3n) is 6.17. The zero-order chi connectivity index (χ0) is 27.4. The van der Waals surface area contributed by atoms with Gasteiger partial charge in [0.15, 0.2) is 5.75 Å². The van der Waals surface area contributed by atoms with Crippen molar-refractivity contribution < 1.29 is 19.1 Å². The molecule has 0 saturated carbocycles. The van der Waals surface area contributed by atoms with E-state index in [-0.39, 0.29) is 29.7 Å². The molecule has 1 fully saturated rings. The van der Waals surface area contributed by atoms with Crippen LogP contribution in [-0.4, -0.2) is 29.2 Å². The SMILES string of the molecule is N#Cc1ccccc1COc1ccc(Nc2c(C#N)cnc3cc(OC4CCOC4)c([N+](=O)[O-])cc23)cc1Cl. The summed E-state index contributed by atoms with van der Waals surface area (Å²) in [7, 11) is 0. The zero-order valence-electron chi connectivity index (χ0n) is 20.4. The van der Waals surface area contributed by atoms with Crippen molar-refractivity contribution in [2.24, 2.45) is 0 Å². The van der Waals surface area contributed by atoms with Crippen LogP contribution >= 0.6 is 11.6 Å². The van der Waals surface area contributed by atoms with Crippen LogP contribution in [0.5, 0.6) is 11.5 Å². The summed E-state index contributed by atoms with van der Waals surface area (Å²) in [6, 6.07) is 19.2. The van der Waals surface area contributed by atoms with Gasteiger partial charge >= 0.3 is 5.69 Å². The summed E-state index contributed by atoms with van der Waals surface area (Å²) in [5.41, 5.74) is 2.48. The predicted molar refractivity (Wildman–Crippen MR) is 143 cm³/mol. The number of nitro groups is 1. The monoisotopic (exact) mass is 541 g/mol. The highest BCUT2D eigenvalue weighted by Crippen LogP contribution is 2.39. The molecule has 0 radical (unpaired) electrons. The number of fused-ring (bicyclic) bond motifs is 1. The van der Waals surface area contributed by atoms with Crippen molar-refractivity contribution in [1.82, 2.24) is 4.98 Å². The average molecular weight is 542 g/mol. The van der Waals surface area contributed by atoms with Gasteiger partial charge in [0, 0.05) is 41.4 Å². The number of hydrogen-bond donors (Lipinski definition) is 1. The van der Waals surface area contributed by atoms with Gasteiger partial charge in [0.25, 0.3) is 0 Å². The van der Waals surface area contributed by atoms with Crippen molar-refractivity contribution in [2.75, 3.05) is 18.5 Å². The molecule has 39 heavy (non-hydrogen) atoms. The van der Waals surface area contributed by atoms with Gasteiger partial charge in [-0.05, 0) is 24.3 Å². The first kappa shape index (κ1) is 25.7. The molecule has 11 heteroatoms. The van der Waals surface area contributed by atoms with Crippen LogP contribution < -0.4 is 14.8 Å². The number of hydrogen-bond acceptors (Lipinski definition) is 9. The van der Waals surface area contributed by atoms with Gasteiger partial charge in [-0.2, -0.15) is 10.5 Å². The van der Waals surface area contributed by atoms with E-state index in [0.717, 1.165) is 5.56 Å². The van der Waals surface area contributed by atoms with Crippen LogP contribution in [0.15, 0.2) is 60.8 Å². The first-order valence-electron chi connectivity index (χ1n) is 11.9. The number of pyridine rings is 1. The minimum atomic E-state index is -0.527. The first-order chi connectivity index (χ1) is 19.0. The quantitative estimate of drug-likeness (QED) is 0.209. The van der Waals surface area contributed by atoms with E-state index in [1.165, 1.54) is 18.3 Å². The molecule has 1 atom stereocenters. The second-order valence-electron chi connectivity index (χ2n) is 8.68. The van der Waals surface area contributed by atoms with Gasteiger partial charge < -0.3 is 19.5 Å². The zero-order valence-corrected chi connectivity index (χ0v) is 21.1. The molecule has 1 N–H and O–H groups in total. The number of benzene rings is 3. The summed E-state index contributed by atoms with van der Waals surface area (Å²) in [5.74, 6) is 0.497. The third-order valence-corrected chi connectivity index (χ3v) is 6.46. The molecule has 0 spiro atoms. The fraction of sp³-hybridized carbons (Fsp3) is 0.179. The molecule has 0 bridgehead atoms. The number of nitro benzene ring substituents is 1. The molecular formula is C28H20ClN5O5. The number of nitriles is 2. The van der Waals surface area contributed by atoms with Crippen molar-refractivity contribution in [1.29, 1.82) is 10.5 Å². The maximum Gasteiger partial charge on any atom is 0.311 e. The third kappa shape index (κ3) is 5.53. The van der Waals surface area contributed by atoms with Gasteiger partial charge in [0.1, 0.15) is 24.5 Å². The lowest BCUT2D eigenvalue weighted by Gasteiger charge is -2.16. The van der Waals surface area contributed by atoms with Crippen molar-refractivity contribution >= 4 is 39.6 Å². The van der Waals surface area contributed by atoms with Crippen LogP contribution in [0, 0.1) is 32.8 Å². The minimum absolute atomic E-state index is 0.0914. The average Bonchev–Trinajstić information content (AvgIpc) is 3.45. The van der Waals surface area contributed by atoms with Crippen molar-refractivity contribution in [3.63, 3.8) is 0 Å². The molecule has 5 rings (SSSR count). The second kappa shape index (κ2) is 11.2. The van der Waals surface area contributed by atoms with Crippen LogP contribution in [0.3, 0.4) is 0 Å². The number of nitrogens with zero attached hydrogens (tertiary/aromatic N) is 4. The Morgan fingerprint density at radius 2 is 1.95 bits per heavy atom. The van der Waals surface area contributed by atoms with Gasteiger partial charge in [-0.3, -0.25) is 15.1 Å². The number of halogens is 1. The molecule has 1 aromatic heterocycles. The molecule has 1 aliphatic rings. The molecule has 3 aromatic carbocycles. The highest BCUT2D eigenvalue weighted by atomic mass is 35.5. The van der Waals surface area contributed by atoms with Gasteiger partial charge in [0.2, 0.25) is 0 Å². The molecule has 1 unspecified atom stereocenters. The fourth-order valence-electron chi connectivity index (χ4n) is 4.20. The maximum absolute atomic E-state index is 11.9. The molecule has 1 saturated heterocycles. The van der Waals surface area contributed by atoms with Gasteiger partial charge in [-0.25, -0.2) is 0 Å². The molecule has 2 heterocycles. The Bertz CT molecular complexity index is 1660. The lowest BCUT2D eigenvalue weighted by Crippen LogP contribution is -2.16. The molecule has 0 aliphatic carbocycles. The number of aromatic nitrogens is 1. The molecule has 1 aliphatic heterocycles. The number of anilines is 2. The number of nitrogens with one attached hydrogen (secondary N) is 1. The standard InChI is InChI=1S/C28H20ClN5O5/c29-23-9-20(5-6-26(23)38-15-18-4-2-1-3-17(18)12-30)33-28-19(13-31)14-32-24-11-27(39-21-7-8-37-16-21)25(34(35)36)10-22(24)28/h1-6,9-11,14,21H,7-8,15-16H2,(H,32,33). The van der Waals surface area contributed by atoms with E-state index in [1.807, 2.05) is 6.07 Å². The summed E-state index contributed by atoms with van der Waals surface area (Å²) in [4.78, 5) is 15.7. The summed E-state index contributed by atoms with van der Waals surface area (Å²) >= 11 is 6.47. The highest BCUT2D eigenvalue weighted by molar-refractivity contribution is 6.32. The Morgan fingerprint density at radius 3 is 2.67 bits per heavy atom. The van der Waals surface area contributed by atoms with E-state index in [0.29, 0.717) is 58.2 Å². The van der Waals surface area contributed by atoms with E-state index < -0.39 is 4.92 Å². The normalized spacial score (nSPS) is 14.4. The smallest absolute Gasteiger partial charge is 0.311 e. The summed E-state index contributed by atoms with van der Waals surface area (Å²) in [6.07, 6.45) is 1.74. The Kier molecular flexibility index (Phi) is 7.41. The van der Waals surface area contributed by atoms with Crippen molar-refractivity contribution in [3.05, 3.63) is 92.6 Å². The van der Waals surface area contributed by atoms with Crippen LogP contribution in [0.1, 0.15) is 23.1 Å². The van der Waals surface area contributed by atoms with E-state index in [4.69, 9.17) is 25.8 Å². The van der Waals surface area contributed by atoms with E-state index >= 15 is 0 Å². The molecule has 0 amide bonds. The predicted octanol–water partition coefficient (Wildman–Crippen LogP) is 6.03. The highest BCUT2D eigenvalue weighted by Gasteiger charge is 2.25. The minimum Gasteiger partial charge on any atom is -0.487 e. The lowest BCUT2D eigenvalue weighted by atomic mass is 10.1. The van der Waals surface area contributed by atoms with Crippen LogP contribution in [-0.2, 0) is 11.3 Å². The Labute approximate surface area is 228 Å². The largest absolute Gasteiger partial charge is 0.487 e. The summed E-state index contributed by atoms with van der Waals surface area (Å²) in [5, 5.41) is 34.7. The molecule has 194 valence electrons.